The molecule has 0 radical (unpaired) electrons. The quantitative estimate of drug-likeness (QED) is 0.460. The molecule has 1 aliphatic rings. The highest BCUT2D eigenvalue weighted by molar-refractivity contribution is 9.10. The molecule has 28 heavy (non-hydrogen) atoms. The first-order chi connectivity index (χ1) is 13.5. The smallest absolute Gasteiger partial charge is 0.180 e. The maximum Gasteiger partial charge on any atom is 0.180 e. The van der Waals surface area contributed by atoms with Gasteiger partial charge in [0.05, 0.1) is 10.2 Å². The van der Waals surface area contributed by atoms with Crippen LogP contribution < -0.4 is 4.90 Å². The zero-order valence-corrected chi connectivity index (χ0v) is 19.2. The van der Waals surface area contributed by atoms with Crippen LogP contribution in [0, 0.1) is 5.41 Å². The van der Waals surface area contributed by atoms with E-state index in [2.05, 4.69) is 46.8 Å². The Kier molecular flexibility index (Phi) is 7.35. The van der Waals surface area contributed by atoms with Crippen molar-refractivity contribution in [1.82, 2.24) is 0 Å². The summed E-state index contributed by atoms with van der Waals surface area (Å²) < 4.78 is 14.1. The third-order valence-corrected chi connectivity index (χ3v) is 8.01. The second-order valence-electron chi connectivity index (χ2n) is 7.89. The van der Waals surface area contributed by atoms with Gasteiger partial charge in [-0.25, -0.2) is 0 Å². The highest BCUT2D eigenvalue weighted by Crippen LogP contribution is 2.47. The van der Waals surface area contributed by atoms with Gasteiger partial charge < -0.3 is 14.6 Å². The second kappa shape index (κ2) is 9.55. The number of hydrogen-bond donors (Lipinski definition) is 1. The molecule has 1 heterocycles. The highest BCUT2D eigenvalue weighted by Gasteiger charge is 2.42. The molecule has 2 aromatic rings. The van der Waals surface area contributed by atoms with Gasteiger partial charge >= 0.3 is 0 Å². The number of benzene rings is 2. The first-order valence-corrected chi connectivity index (χ1v) is 12.3. The third-order valence-electron chi connectivity index (χ3n) is 5.68. The summed E-state index contributed by atoms with van der Waals surface area (Å²) in [6.07, 6.45) is 6.75. The minimum Gasteiger partial charge on any atom is -0.611 e. The van der Waals surface area contributed by atoms with Crippen molar-refractivity contribution >= 4 is 38.5 Å². The molecule has 152 valence electrons. The Labute approximate surface area is 180 Å². The van der Waals surface area contributed by atoms with Gasteiger partial charge in [0, 0.05) is 23.7 Å². The van der Waals surface area contributed by atoms with Gasteiger partial charge in [0.1, 0.15) is 11.5 Å². The summed E-state index contributed by atoms with van der Waals surface area (Å²) in [5.41, 5.74) is 2.05. The van der Waals surface area contributed by atoms with E-state index in [-0.39, 0.29) is 11.2 Å². The number of anilines is 2. The van der Waals surface area contributed by atoms with Crippen LogP contribution in [0.2, 0.25) is 0 Å². The lowest BCUT2D eigenvalue weighted by Crippen LogP contribution is -2.38. The lowest BCUT2D eigenvalue weighted by molar-refractivity contribution is 0.270. The molecule has 1 aliphatic heterocycles. The predicted molar refractivity (Wildman–Crippen MR) is 122 cm³/mol. The minimum atomic E-state index is -1.14. The first-order valence-electron chi connectivity index (χ1n) is 10.2. The molecule has 5 heteroatoms. The molecule has 1 unspecified atom stereocenters. The molecule has 0 aliphatic carbocycles. The molecule has 0 amide bonds. The van der Waals surface area contributed by atoms with Gasteiger partial charge in [-0.05, 0) is 58.1 Å². The maximum atomic E-state index is 13.4. The summed E-state index contributed by atoms with van der Waals surface area (Å²) in [4.78, 5) is 3.05. The van der Waals surface area contributed by atoms with E-state index in [0.717, 1.165) is 61.3 Å². The summed E-state index contributed by atoms with van der Waals surface area (Å²) in [5.74, 6) is 0.805. The van der Waals surface area contributed by atoms with Crippen LogP contribution in [0.5, 0.6) is 5.75 Å². The van der Waals surface area contributed by atoms with Crippen LogP contribution >= 0.6 is 15.9 Å². The zero-order chi connectivity index (χ0) is 20.1. The summed E-state index contributed by atoms with van der Waals surface area (Å²) in [7, 11) is 0. The second-order valence-corrected chi connectivity index (χ2v) is 10.2. The number of halogens is 1. The Morgan fingerprint density at radius 2 is 1.75 bits per heavy atom. The number of nitrogens with zero attached hydrogens (tertiary/aromatic N) is 1. The van der Waals surface area contributed by atoms with Crippen molar-refractivity contribution in [3.63, 3.8) is 0 Å². The van der Waals surface area contributed by atoms with Gasteiger partial charge in [0.15, 0.2) is 4.90 Å². The molecule has 0 fully saturated rings. The first kappa shape index (κ1) is 21.5. The molecule has 3 rings (SSSR count). The van der Waals surface area contributed by atoms with Gasteiger partial charge in [-0.1, -0.05) is 57.7 Å². The van der Waals surface area contributed by atoms with Crippen LogP contribution in [0.1, 0.15) is 52.4 Å². The van der Waals surface area contributed by atoms with Gasteiger partial charge in [-0.15, -0.1) is 0 Å². The normalized spacial score (nSPS) is 18.6. The number of hydrogen-bond acceptors (Lipinski definition) is 3. The summed E-state index contributed by atoms with van der Waals surface area (Å²) >= 11 is 2.31. The van der Waals surface area contributed by atoms with Crippen molar-refractivity contribution in [2.45, 2.75) is 57.3 Å². The van der Waals surface area contributed by atoms with Gasteiger partial charge in [-0.2, -0.15) is 0 Å². The monoisotopic (exact) mass is 463 g/mol. The molecule has 2 aromatic carbocycles. The van der Waals surface area contributed by atoms with Crippen LogP contribution in [0.4, 0.5) is 11.4 Å². The fourth-order valence-electron chi connectivity index (χ4n) is 4.12. The number of fused-ring (bicyclic) bond motifs is 1. The molecular formula is C23H30BrNO2S. The molecule has 1 atom stereocenters. The van der Waals surface area contributed by atoms with Crippen molar-refractivity contribution in [3.8, 4) is 5.75 Å². The van der Waals surface area contributed by atoms with E-state index in [9.17, 15) is 9.66 Å². The van der Waals surface area contributed by atoms with Gasteiger partial charge in [0.2, 0.25) is 0 Å². The SMILES string of the molecule is CCCCC1(CCCC)CN(c2ccccc2)c2cc(Br)c(O)cc2[S+]([O-])C1. The van der Waals surface area contributed by atoms with Gasteiger partial charge in [0.25, 0.3) is 0 Å². The Bertz CT molecular complexity index is 776. The predicted octanol–water partition coefficient (Wildman–Crippen LogP) is 6.78. The Hall–Kier alpha value is -1.17. The van der Waals surface area contributed by atoms with E-state index in [0.29, 0.717) is 10.2 Å². The van der Waals surface area contributed by atoms with E-state index >= 15 is 0 Å². The van der Waals surface area contributed by atoms with E-state index in [1.54, 1.807) is 6.07 Å². The van der Waals surface area contributed by atoms with Crippen molar-refractivity contribution in [3.05, 3.63) is 46.9 Å². The fourth-order valence-corrected chi connectivity index (χ4v) is 6.19. The van der Waals surface area contributed by atoms with E-state index in [1.165, 1.54) is 0 Å². The number of phenolic OH excluding ortho intramolecular Hbond substituents is 1. The molecule has 0 saturated carbocycles. The summed E-state index contributed by atoms with van der Waals surface area (Å²) in [5, 5.41) is 10.3. The van der Waals surface area contributed by atoms with Crippen LogP contribution in [0.15, 0.2) is 51.8 Å². The average Bonchev–Trinajstić information content (AvgIpc) is 2.81. The van der Waals surface area contributed by atoms with E-state index < -0.39 is 11.2 Å². The standard InChI is InChI=1S/C23H30BrNO2S/c1-3-5-12-23(13-6-4-2)16-25(18-10-8-7-9-11-18)20-14-19(24)21(26)15-22(20)28(27)17-23/h7-11,14-15,26H,3-6,12-13,16-17H2,1-2H3. The van der Waals surface area contributed by atoms with Crippen LogP contribution in [0.3, 0.4) is 0 Å². The Morgan fingerprint density at radius 1 is 1.11 bits per heavy atom. The Morgan fingerprint density at radius 3 is 2.36 bits per heavy atom. The van der Waals surface area contributed by atoms with Gasteiger partial charge in [-0.3, -0.25) is 0 Å². The lowest BCUT2D eigenvalue weighted by Gasteiger charge is -2.36. The molecule has 0 saturated heterocycles. The van der Waals surface area contributed by atoms with E-state index in [1.807, 2.05) is 24.3 Å². The van der Waals surface area contributed by atoms with Crippen LogP contribution in [-0.4, -0.2) is 22.0 Å². The molecule has 0 spiro atoms. The number of para-hydroxylation sites is 1. The highest BCUT2D eigenvalue weighted by atomic mass is 79.9. The third kappa shape index (κ3) is 4.69. The number of aromatic hydroxyl groups is 1. The number of rotatable bonds is 7. The maximum absolute atomic E-state index is 13.4. The number of phenols is 1. The number of unbranched alkanes of at least 4 members (excludes halogenated alkanes) is 2. The topological polar surface area (TPSA) is 46.5 Å². The van der Waals surface area contributed by atoms with Crippen LogP contribution in [-0.2, 0) is 11.2 Å². The largest absolute Gasteiger partial charge is 0.611 e. The van der Waals surface area contributed by atoms with Crippen molar-refractivity contribution in [1.29, 1.82) is 0 Å². The molecule has 3 nitrogen and oxygen atoms in total. The summed E-state index contributed by atoms with van der Waals surface area (Å²) in [6, 6.07) is 13.9. The van der Waals surface area contributed by atoms with Crippen molar-refractivity contribution < 1.29 is 9.66 Å². The summed E-state index contributed by atoms with van der Waals surface area (Å²) in [6.45, 7) is 5.30. The van der Waals surface area contributed by atoms with Crippen LogP contribution in [0.25, 0.3) is 0 Å². The fraction of sp³-hybridized carbons (Fsp3) is 0.478. The van der Waals surface area contributed by atoms with Crippen molar-refractivity contribution in [2.24, 2.45) is 5.41 Å². The van der Waals surface area contributed by atoms with E-state index in [4.69, 9.17) is 0 Å². The molecule has 1 N–H and O–H groups in total. The molecule has 0 bridgehead atoms. The lowest BCUT2D eigenvalue weighted by atomic mass is 9.79. The molecule has 0 aromatic heterocycles. The zero-order valence-electron chi connectivity index (χ0n) is 16.8. The molecular weight excluding hydrogens is 434 g/mol. The minimum absolute atomic E-state index is 0.00778. The Balaban J connectivity index is 2.12. The average molecular weight is 464 g/mol. The van der Waals surface area contributed by atoms with Crippen molar-refractivity contribution in [2.75, 3.05) is 17.2 Å².